The zero-order chi connectivity index (χ0) is 14.9. The molecule has 1 aliphatic carbocycles. The average Bonchev–Trinajstić information content (AvgIpc) is 3.21. The molecule has 2 aromatic rings. The maximum absolute atomic E-state index is 8.84. The fourth-order valence-corrected chi connectivity index (χ4v) is 3.65. The fraction of sp³-hybridized carbons (Fsp3) is 0.471. The quantitative estimate of drug-likeness (QED) is 0.853. The van der Waals surface area contributed by atoms with E-state index in [4.69, 9.17) is 5.26 Å². The van der Waals surface area contributed by atoms with Gasteiger partial charge < -0.3 is 9.47 Å². The molecule has 2 aliphatic rings. The summed E-state index contributed by atoms with van der Waals surface area (Å²) in [6.45, 7) is 2.03. The van der Waals surface area contributed by atoms with Gasteiger partial charge in [0.25, 0.3) is 0 Å². The summed E-state index contributed by atoms with van der Waals surface area (Å²) in [5.74, 6) is 0. The van der Waals surface area contributed by atoms with Crippen LogP contribution in [0, 0.1) is 11.3 Å². The lowest BCUT2D eigenvalue weighted by atomic mass is 10.0. The average molecular weight is 293 g/mol. The van der Waals surface area contributed by atoms with Crippen LogP contribution in [0.2, 0.25) is 0 Å². The van der Waals surface area contributed by atoms with Crippen molar-refractivity contribution in [2.45, 2.75) is 38.1 Å². The van der Waals surface area contributed by atoms with E-state index >= 15 is 0 Å². The smallest absolute Gasteiger partial charge is 0.140 e. The van der Waals surface area contributed by atoms with Crippen molar-refractivity contribution in [2.75, 3.05) is 18.0 Å². The molecular formula is C17H19N5. The molecule has 3 heterocycles. The number of hydrogen-bond donors (Lipinski definition) is 0. The number of anilines is 1. The van der Waals surface area contributed by atoms with Crippen LogP contribution in [0.3, 0.4) is 0 Å². The molecule has 1 aliphatic heterocycles. The third-order valence-electron chi connectivity index (χ3n) is 4.84. The van der Waals surface area contributed by atoms with Gasteiger partial charge in [0, 0.05) is 18.8 Å². The van der Waals surface area contributed by atoms with Gasteiger partial charge in [-0.15, -0.1) is 0 Å². The Morgan fingerprint density at radius 3 is 2.91 bits per heavy atom. The van der Waals surface area contributed by atoms with E-state index in [2.05, 4.69) is 25.5 Å². The Bertz CT molecular complexity index is 710. The Hall–Kier alpha value is -2.35. The summed E-state index contributed by atoms with van der Waals surface area (Å²) in [4.78, 5) is 11.2. The van der Waals surface area contributed by atoms with Crippen molar-refractivity contribution in [2.24, 2.45) is 0 Å². The summed E-state index contributed by atoms with van der Waals surface area (Å²) in [6, 6.07) is 6.36. The zero-order valence-electron chi connectivity index (χ0n) is 12.6. The van der Waals surface area contributed by atoms with Gasteiger partial charge in [-0.2, -0.15) is 5.26 Å². The molecule has 0 aromatic carbocycles. The van der Waals surface area contributed by atoms with Gasteiger partial charge in [-0.3, -0.25) is 0 Å². The first-order chi connectivity index (χ1) is 10.8. The zero-order valence-corrected chi connectivity index (χ0v) is 12.6. The molecule has 0 bridgehead atoms. The number of nitrogens with zero attached hydrogens (tertiary/aromatic N) is 5. The molecule has 1 atom stereocenters. The minimum atomic E-state index is 0.475. The minimum absolute atomic E-state index is 0.475. The SMILES string of the molecule is N#Cc1ccc(N2CC[C@@H](n3cnc4c3CCCC4)C2)cn1. The van der Waals surface area contributed by atoms with Gasteiger partial charge in [0.05, 0.1) is 29.9 Å². The van der Waals surface area contributed by atoms with Crippen LogP contribution in [-0.2, 0) is 12.8 Å². The van der Waals surface area contributed by atoms with Crippen molar-refractivity contribution < 1.29 is 0 Å². The van der Waals surface area contributed by atoms with E-state index < -0.39 is 0 Å². The van der Waals surface area contributed by atoms with Crippen molar-refractivity contribution in [3.63, 3.8) is 0 Å². The van der Waals surface area contributed by atoms with Crippen LogP contribution in [0.4, 0.5) is 5.69 Å². The van der Waals surface area contributed by atoms with Crippen LogP contribution < -0.4 is 4.90 Å². The van der Waals surface area contributed by atoms with E-state index in [1.54, 1.807) is 6.07 Å². The molecule has 5 nitrogen and oxygen atoms in total. The normalized spacial score (nSPS) is 20.7. The molecule has 0 spiro atoms. The van der Waals surface area contributed by atoms with E-state index in [-0.39, 0.29) is 0 Å². The van der Waals surface area contributed by atoms with Gasteiger partial charge in [-0.05, 0) is 44.2 Å². The molecule has 0 amide bonds. The highest BCUT2D eigenvalue weighted by atomic mass is 15.2. The number of pyridine rings is 1. The van der Waals surface area contributed by atoms with Gasteiger partial charge in [0.2, 0.25) is 0 Å². The number of nitriles is 1. The van der Waals surface area contributed by atoms with Crippen LogP contribution in [0.25, 0.3) is 0 Å². The van der Waals surface area contributed by atoms with Crippen molar-refractivity contribution in [1.82, 2.24) is 14.5 Å². The maximum Gasteiger partial charge on any atom is 0.140 e. The van der Waals surface area contributed by atoms with Gasteiger partial charge in [0.1, 0.15) is 11.8 Å². The van der Waals surface area contributed by atoms with Crippen molar-refractivity contribution in [3.05, 3.63) is 41.7 Å². The lowest BCUT2D eigenvalue weighted by Crippen LogP contribution is -2.22. The van der Waals surface area contributed by atoms with E-state index in [1.165, 1.54) is 30.7 Å². The molecular weight excluding hydrogens is 274 g/mol. The molecule has 0 saturated carbocycles. The first kappa shape index (κ1) is 13.3. The van der Waals surface area contributed by atoms with E-state index in [0.717, 1.165) is 31.6 Å². The van der Waals surface area contributed by atoms with Gasteiger partial charge >= 0.3 is 0 Å². The Balaban J connectivity index is 1.52. The Morgan fingerprint density at radius 2 is 2.09 bits per heavy atom. The third kappa shape index (κ3) is 2.25. The number of aryl methyl sites for hydroxylation is 1. The highest BCUT2D eigenvalue weighted by molar-refractivity contribution is 5.47. The molecule has 1 saturated heterocycles. The molecule has 1 fully saturated rings. The summed E-state index contributed by atoms with van der Waals surface area (Å²) in [5.41, 5.74) is 4.35. The summed E-state index contributed by atoms with van der Waals surface area (Å²) in [5, 5.41) is 8.84. The molecule has 0 unspecified atom stereocenters. The molecule has 22 heavy (non-hydrogen) atoms. The Labute approximate surface area is 130 Å². The van der Waals surface area contributed by atoms with E-state index in [9.17, 15) is 0 Å². The van der Waals surface area contributed by atoms with E-state index in [1.807, 2.05) is 18.6 Å². The summed E-state index contributed by atoms with van der Waals surface area (Å²) >= 11 is 0. The first-order valence-corrected chi connectivity index (χ1v) is 8.01. The van der Waals surface area contributed by atoms with Gasteiger partial charge in [-0.1, -0.05) is 0 Å². The topological polar surface area (TPSA) is 57.7 Å². The predicted molar refractivity (Wildman–Crippen MR) is 83.7 cm³/mol. The van der Waals surface area contributed by atoms with Crippen LogP contribution in [-0.4, -0.2) is 27.6 Å². The second-order valence-corrected chi connectivity index (χ2v) is 6.15. The van der Waals surface area contributed by atoms with Crippen LogP contribution in [0.15, 0.2) is 24.7 Å². The highest BCUT2D eigenvalue weighted by Crippen LogP contribution is 2.30. The number of imidazole rings is 1. The van der Waals surface area contributed by atoms with Gasteiger partial charge in [-0.25, -0.2) is 9.97 Å². The fourth-order valence-electron chi connectivity index (χ4n) is 3.65. The van der Waals surface area contributed by atoms with Crippen molar-refractivity contribution in [1.29, 1.82) is 5.26 Å². The predicted octanol–water partition coefficient (Wildman–Crippen LogP) is 2.48. The summed E-state index contributed by atoms with van der Waals surface area (Å²) < 4.78 is 2.41. The molecule has 112 valence electrons. The lowest BCUT2D eigenvalue weighted by molar-refractivity contribution is 0.515. The standard InChI is InChI=1S/C17H19N5/c18-9-13-5-6-14(10-19-13)21-8-7-15(11-21)22-12-20-16-3-1-2-4-17(16)22/h5-6,10,12,15H,1-4,7-8,11H2/t15-/m1/s1. The second kappa shape index (κ2) is 5.45. The Kier molecular flexibility index (Phi) is 3.30. The number of aromatic nitrogens is 3. The van der Waals surface area contributed by atoms with Gasteiger partial charge in [0.15, 0.2) is 0 Å². The third-order valence-corrected chi connectivity index (χ3v) is 4.84. The Morgan fingerprint density at radius 1 is 1.18 bits per heavy atom. The first-order valence-electron chi connectivity index (χ1n) is 8.01. The maximum atomic E-state index is 8.84. The number of rotatable bonds is 2. The number of hydrogen-bond acceptors (Lipinski definition) is 4. The largest absolute Gasteiger partial charge is 0.368 e. The van der Waals surface area contributed by atoms with E-state index in [0.29, 0.717) is 11.7 Å². The minimum Gasteiger partial charge on any atom is -0.368 e. The van der Waals surface area contributed by atoms with Crippen LogP contribution in [0.1, 0.15) is 42.4 Å². The monoisotopic (exact) mass is 293 g/mol. The molecule has 2 aromatic heterocycles. The highest BCUT2D eigenvalue weighted by Gasteiger charge is 2.27. The van der Waals surface area contributed by atoms with Crippen molar-refractivity contribution in [3.8, 4) is 6.07 Å². The summed E-state index contributed by atoms with van der Waals surface area (Å²) in [6.07, 6.45) is 9.86. The second-order valence-electron chi connectivity index (χ2n) is 6.15. The van der Waals surface area contributed by atoms with Crippen molar-refractivity contribution >= 4 is 5.69 Å². The van der Waals surface area contributed by atoms with Crippen LogP contribution in [0.5, 0.6) is 0 Å². The lowest BCUT2D eigenvalue weighted by Gasteiger charge is -2.21. The molecule has 0 radical (unpaired) electrons. The molecule has 5 heteroatoms. The number of fused-ring (bicyclic) bond motifs is 1. The summed E-state index contributed by atoms with van der Waals surface area (Å²) in [7, 11) is 0. The molecule has 4 rings (SSSR count). The van der Waals surface area contributed by atoms with Crippen LogP contribution >= 0.6 is 0 Å². The molecule has 0 N–H and O–H groups in total.